The first-order chi connectivity index (χ1) is 6.16. The monoisotopic (exact) mass is 244 g/mol. The number of thioether (sulfide) groups is 1. The van der Waals surface area contributed by atoms with Gasteiger partial charge in [-0.1, -0.05) is 18.7 Å². The van der Waals surface area contributed by atoms with Gasteiger partial charge in [-0.2, -0.15) is 0 Å². The van der Waals surface area contributed by atoms with E-state index in [1.165, 1.54) is 31.0 Å². The van der Waals surface area contributed by atoms with Crippen LogP contribution in [0.25, 0.3) is 0 Å². The van der Waals surface area contributed by atoms with Crippen LogP contribution in [0.15, 0.2) is 0 Å². The van der Waals surface area contributed by atoms with Crippen molar-refractivity contribution in [1.82, 2.24) is 0 Å². The predicted molar refractivity (Wildman–Crippen MR) is 65.9 cm³/mol. The summed E-state index contributed by atoms with van der Waals surface area (Å²) in [6, 6.07) is 0. The Bertz CT molecular complexity index is 136. The summed E-state index contributed by atoms with van der Waals surface area (Å²) in [5, 5.41) is 8.25. The zero-order valence-corrected chi connectivity index (χ0v) is 13.3. The Morgan fingerprint density at radius 3 is 2.15 bits per heavy atom. The summed E-state index contributed by atoms with van der Waals surface area (Å²) in [6.45, 7) is 1.94. The summed E-state index contributed by atoms with van der Waals surface area (Å²) in [5.74, 6) is 0.856. The molecule has 0 unspecified atom stereocenters. The molecule has 1 aliphatic rings. The molecule has 0 heterocycles. The van der Waals surface area contributed by atoms with Crippen LogP contribution in [-0.4, -0.2) is 64.2 Å². The molecule has 1 fully saturated rings. The van der Waals surface area contributed by atoms with E-state index in [-0.39, 0.29) is 4.38 Å². The number of aliphatic hydroxyl groups is 1. The normalized spacial score (nSPS) is 17.5. The molecule has 0 spiro atoms. The molecule has 13 heavy (non-hydrogen) atoms. The van der Waals surface area contributed by atoms with Crippen molar-refractivity contribution in [3.8, 4) is 0 Å². The van der Waals surface area contributed by atoms with Crippen LogP contribution < -0.4 is 0 Å². The minimum absolute atomic E-state index is 0.0394. The molecule has 1 rings (SSSR count). The molecule has 1 nitrogen and oxygen atoms in total. The van der Waals surface area contributed by atoms with Crippen LogP contribution in [0.5, 0.6) is 0 Å². The topological polar surface area (TPSA) is 20.2 Å². The molecular weight excluding hydrogens is 227 g/mol. The van der Waals surface area contributed by atoms with Crippen molar-refractivity contribution in [2.75, 3.05) is 5.75 Å². The van der Waals surface area contributed by atoms with Gasteiger partial charge < -0.3 is 5.11 Å². The van der Waals surface area contributed by atoms with Crippen molar-refractivity contribution in [3.63, 3.8) is 0 Å². The second-order valence-electron chi connectivity index (χ2n) is 3.44. The molecule has 4 heteroatoms. The summed E-state index contributed by atoms with van der Waals surface area (Å²) < 4.78 is 1.26. The quantitative estimate of drug-likeness (QED) is 0.563. The van der Waals surface area contributed by atoms with Gasteiger partial charge in [-0.3, -0.25) is 0 Å². The maximum atomic E-state index is 8.25. The van der Waals surface area contributed by atoms with Crippen LogP contribution in [0.4, 0.5) is 0 Å². The summed E-state index contributed by atoms with van der Waals surface area (Å²) in [5.41, 5.74) is 0. The van der Waals surface area contributed by atoms with Gasteiger partial charge in [-0.15, -0.1) is 0 Å². The number of rotatable bonds is 1. The standard InChI is InChI=1S/C6H11.C3H6OS2.K/c1-2-4-6-5-3-1;1-2-6-3(4)5;/h1H,2-6H2;2H2,1H3,(H,4,5);. The molecule has 0 aliphatic heterocycles. The Morgan fingerprint density at radius 1 is 1.46 bits per heavy atom. The Morgan fingerprint density at radius 2 is 2.00 bits per heavy atom. The van der Waals surface area contributed by atoms with Crippen molar-refractivity contribution in [1.29, 1.82) is 0 Å². The van der Waals surface area contributed by atoms with Gasteiger partial charge in [0.2, 0.25) is 4.38 Å². The van der Waals surface area contributed by atoms with E-state index < -0.39 is 0 Å². The SMILES string of the molecule is CCSC(O)=S.[K][CH]1CCCCC1. The van der Waals surface area contributed by atoms with Gasteiger partial charge in [0, 0.05) is 0 Å². The fourth-order valence-electron chi connectivity index (χ4n) is 1.43. The van der Waals surface area contributed by atoms with E-state index in [1.807, 2.05) is 6.92 Å². The van der Waals surface area contributed by atoms with E-state index in [0.29, 0.717) is 0 Å². The molecule has 0 aromatic heterocycles. The van der Waals surface area contributed by atoms with Gasteiger partial charge in [0.25, 0.3) is 0 Å². The van der Waals surface area contributed by atoms with Crippen LogP contribution in [0.2, 0.25) is 0.0125 Å². The third-order valence-electron chi connectivity index (χ3n) is 2.16. The molecule has 0 atom stereocenters. The molecule has 0 bridgehead atoms. The van der Waals surface area contributed by atoms with Crippen LogP contribution in [-0.2, 0) is 0 Å². The second-order valence-corrected chi connectivity index (χ2v) is 7.89. The van der Waals surface area contributed by atoms with E-state index in [4.69, 9.17) is 5.11 Å². The molecule has 0 aromatic rings. The molecular formula is C9H17KOS2. The van der Waals surface area contributed by atoms with Gasteiger partial charge in [0.05, 0.1) is 0 Å². The first-order valence-electron chi connectivity index (χ1n) is 5.02. The van der Waals surface area contributed by atoms with Crippen molar-refractivity contribution in [3.05, 3.63) is 0 Å². The molecule has 0 radical (unpaired) electrons. The number of thiocarbonyl (C=S) groups is 1. The fraction of sp³-hybridized carbons (Fsp3) is 0.889. The van der Waals surface area contributed by atoms with E-state index in [1.54, 1.807) is 12.8 Å². The van der Waals surface area contributed by atoms with Gasteiger partial charge in [0.1, 0.15) is 0 Å². The van der Waals surface area contributed by atoms with Crippen molar-refractivity contribution >= 4 is 77.3 Å². The summed E-state index contributed by atoms with van der Waals surface area (Å²) in [7, 11) is 0. The number of hydrogen-bond donors (Lipinski definition) is 1. The zero-order chi connectivity index (χ0) is 10.1. The summed E-state index contributed by atoms with van der Waals surface area (Å²) >= 11 is 6.72. The van der Waals surface area contributed by atoms with Gasteiger partial charge in [-0.05, 0) is 18.0 Å². The summed E-state index contributed by atoms with van der Waals surface area (Å²) in [4.78, 5) is 0. The van der Waals surface area contributed by atoms with E-state index in [9.17, 15) is 0 Å². The van der Waals surface area contributed by atoms with Crippen LogP contribution in [0.1, 0.15) is 39.0 Å². The predicted octanol–water partition coefficient (Wildman–Crippen LogP) is 3.49. The summed E-state index contributed by atoms with van der Waals surface area (Å²) in [6.07, 6.45) is 7.73. The van der Waals surface area contributed by atoms with E-state index in [0.717, 1.165) is 54.7 Å². The first-order valence-corrected chi connectivity index (χ1v) is 8.22. The van der Waals surface area contributed by atoms with Crippen molar-refractivity contribution < 1.29 is 5.11 Å². The van der Waals surface area contributed by atoms with Crippen LogP contribution in [0, 0.1) is 0 Å². The molecule has 0 amide bonds. The van der Waals surface area contributed by atoms with Gasteiger partial charge in [-0.25, -0.2) is 0 Å². The molecule has 1 aliphatic carbocycles. The number of hydrogen-bond acceptors (Lipinski definition) is 2. The van der Waals surface area contributed by atoms with Crippen molar-refractivity contribution in [2.24, 2.45) is 0 Å². The van der Waals surface area contributed by atoms with Crippen molar-refractivity contribution in [2.45, 2.75) is 39.0 Å². The zero-order valence-electron chi connectivity index (χ0n) is 8.58. The average molecular weight is 244 g/mol. The molecule has 0 aromatic carbocycles. The van der Waals surface area contributed by atoms with E-state index in [2.05, 4.69) is 12.2 Å². The number of aliphatic hydroxyl groups excluding tert-OH is 1. The van der Waals surface area contributed by atoms with Gasteiger partial charge in [0.15, 0.2) is 0 Å². The second kappa shape index (κ2) is 10.4. The molecule has 1 saturated carbocycles. The third-order valence-corrected chi connectivity index (χ3v) is 4.85. The Balaban J connectivity index is 0.000000226. The maximum absolute atomic E-state index is 8.25. The molecule has 0 saturated heterocycles. The Hall–Kier alpha value is 1.88. The van der Waals surface area contributed by atoms with Crippen LogP contribution in [0.3, 0.4) is 0 Å². The first kappa shape index (κ1) is 14.9. The molecule has 72 valence electrons. The third kappa shape index (κ3) is 11.8. The van der Waals surface area contributed by atoms with Gasteiger partial charge >= 0.3 is 81.1 Å². The van der Waals surface area contributed by atoms with Crippen LogP contribution >= 0.6 is 24.0 Å². The Kier molecular flexibility index (Phi) is 11.9. The van der Waals surface area contributed by atoms with E-state index >= 15 is 0 Å². The minimum atomic E-state index is 0.0394. The Labute approximate surface area is 125 Å². The fourth-order valence-corrected chi connectivity index (χ4v) is 3.31. The average Bonchev–Trinajstić information content (AvgIpc) is 2.06. The molecule has 1 N–H and O–H groups in total.